The number of ether oxygens (including phenoxy) is 3. The van der Waals surface area contributed by atoms with Gasteiger partial charge in [-0.25, -0.2) is 4.79 Å². The van der Waals surface area contributed by atoms with Gasteiger partial charge in [0.2, 0.25) is 0 Å². The zero-order valence-electron chi connectivity index (χ0n) is 16.8. The molecular weight excluding hydrogens is 380 g/mol. The lowest BCUT2D eigenvalue weighted by Gasteiger charge is -2.26. The van der Waals surface area contributed by atoms with Crippen molar-refractivity contribution in [2.75, 3.05) is 14.2 Å². The summed E-state index contributed by atoms with van der Waals surface area (Å²) in [5.41, 5.74) is 2.96. The molecule has 0 spiro atoms. The number of methoxy groups -OCH3 is 2. The first-order valence-electron chi connectivity index (χ1n) is 9.57. The van der Waals surface area contributed by atoms with Crippen LogP contribution in [-0.2, 0) is 21.7 Å². The van der Waals surface area contributed by atoms with E-state index in [-0.39, 0.29) is 0 Å². The van der Waals surface area contributed by atoms with Gasteiger partial charge in [-0.05, 0) is 47.5 Å². The summed E-state index contributed by atoms with van der Waals surface area (Å²) < 4.78 is 16.0. The number of esters is 1. The van der Waals surface area contributed by atoms with Gasteiger partial charge in [-0.2, -0.15) is 0 Å². The highest BCUT2D eigenvalue weighted by atomic mass is 16.7. The average molecular weight is 402 g/mol. The lowest BCUT2D eigenvalue weighted by Crippen LogP contribution is -2.29. The maximum atomic E-state index is 12.9. The fraction of sp³-hybridized carbons (Fsp3) is 0.160. The maximum absolute atomic E-state index is 12.9. The minimum atomic E-state index is -1.87. The van der Waals surface area contributed by atoms with E-state index in [0.717, 1.165) is 11.3 Å². The molecular formula is C25H22O5. The van der Waals surface area contributed by atoms with Crippen LogP contribution >= 0.6 is 0 Å². The number of hydrogen-bond acceptors (Lipinski definition) is 5. The molecule has 30 heavy (non-hydrogen) atoms. The Kier molecular flexibility index (Phi) is 5.29. The molecule has 152 valence electrons. The van der Waals surface area contributed by atoms with Gasteiger partial charge in [-0.3, -0.25) is 0 Å². The lowest BCUT2D eigenvalue weighted by atomic mass is 9.88. The third kappa shape index (κ3) is 3.55. The summed E-state index contributed by atoms with van der Waals surface area (Å²) in [6.45, 7) is 0. The van der Waals surface area contributed by atoms with Crippen LogP contribution in [-0.4, -0.2) is 25.3 Å². The number of carbonyl (C=O) groups is 1. The van der Waals surface area contributed by atoms with E-state index in [0.29, 0.717) is 34.4 Å². The first-order valence-corrected chi connectivity index (χ1v) is 9.57. The molecule has 0 radical (unpaired) electrons. The molecule has 1 heterocycles. The molecule has 5 nitrogen and oxygen atoms in total. The van der Waals surface area contributed by atoms with Crippen molar-refractivity contribution in [3.63, 3.8) is 0 Å². The Morgan fingerprint density at radius 1 is 0.833 bits per heavy atom. The third-order valence-electron chi connectivity index (χ3n) is 5.24. The van der Waals surface area contributed by atoms with Crippen LogP contribution in [0.4, 0.5) is 0 Å². The molecule has 0 aromatic heterocycles. The van der Waals surface area contributed by atoms with Crippen LogP contribution in [0.5, 0.6) is 11.5 Å². The van der Waals surface area contributed by atoms with E-state index in [2.05, 4.69) is 0 Å². The van der Waals surface area contributed by atoms with Gasteiger partial charge in [0.15, 0.2) is 0 Å². The SMILES string of the molecule is COc1ccc(CC2=C(c3ccccc3)C(=O)OC2(O)c2ccc(OC)cc2)cc1. The number of aliphatic hydroxyl groups is 1. The molecule has 0 fully saturated rings. The summed E-state index contributed by atoms with van der Waals surface area (Å²) in [6.07, 6.45) is 0.336. The van der Waals surface area contributed by atoms with Crippen LogP contribution in [0, 0.1) is 0 Å². The van der Waals surface area contributed by atoms with Crippen LogP contribution in [0.2, 0.25) is 0 Å². The molecule has 0 saturated carbocycles. The molecule has 5 heteroatoms. The Balaban J connectivity index is 1.84. The molecule has 4 rings (SSSR count). The van der Waals surface area contributed by atoms with Crippen LogP contribution in [0.1, 0.15) is 16.7 Å². The first-order chi connectivity index (χ1) is 14.5. The third-order valence-corrected chi connectivity index (χ3v) is 5.24. The van der Waals surface area contributed by atoms with Gasteiger partial charge in [0.1, 0.15) is 11.5 Å². The zero-order valence-corrected chi connectivity index (χ0v) is 16.8. The molecule has 0 bridgehead atoms. The first kappa shape index (κ1) is 19.7. The minimum absolute atomic E-state index is 0.336. The van der Waals surface area contributed by atoms with Crippen molar-refractivity contribution in [1.82, 2.24) is 0 Å². The monoisotopic (exact) mass is 402 g/mol. The topological polar surface area (TPSA) is 65.0 Å². The minimum Gasteiger partial charge on any atom is -0.497 e. The lowest BCUT2D eigenvalue weighted by molar-refractivity contribution is -0.185. The molecule has 1 aliphatic rings. The second-order valence-electron chi connectivity index (χ2n) is 7.01. The van der Waals surface area contributed by atoms with Gasteiger partial charge in [0.05, 0.1) is 19.8 Å². The Morgan fingerprint density at radius 2 is 1.40 bits per heavy atom. The summed E-state index contributed by atoms with van der Waals surface area (Å²) in [6, 6.07) is 23.6. The molecule has 0 saturated heterocycles. The Morgan fingerprint density at radius 3 is 1.97 bits per heavy atom. The normalized spacial score (nSPS) is 18.3. The molecule has 3 aromatic rings. The van der Waals surface area contributed by atoms with Crippen molar-refractivity contribution < 1.29 is 24.1 Å². The fourth-order valence-corrected chi connectivity index (χ4v) is 3.64. The Hall–Kier alpha value is -3.57. The average Bonchev–Trinajstić information content (AvgIpc) is 3.05. The molecule has 1 atom stereocenters. The van der Waals surface area contributed by atoms with E-state index in [9.17, 15) is 9.90 Å². The summed E-state index contributed by atoms with van der Waals surface area (Å²) >= 11 is 0. The summed E-state index contributed by atoms with van der Waals surface area (Å²) in [7, 11) is 3.18. The van der Waals surface area contributed by atoms with Crippen LogP contribution in [0.15, 0.2) is 84.4 Å². The molecule has 1 N–H and O–H groups in total. The largest absolute Gasteiger partial charge is 0.497 e. The van der Waals surface area contributed by atoms with Crippen molar-refractivity contribution in [2.45, 2.75) is 12.2 Å². The number of rotatable bonds is 6. The summed E-state index contributed by atoms with van der Waals surface area (Å²) in [4.78, 5) is 12.9. The van der Waals surface area contributed by atoms with Gasteiger partial charge >= 0.3 is 5.97 Å². The quantitative estimate of drug-likeness (QED) is 0.629. The highest BCUT2D eigenvalue weighted by molar-refractivity contribution is 6.20. The number of hydrogen-bond donors (Lipinski definition) is 1. The van der Waals surface area contributed by atoms with Crippen molar-refractivity contribution in [1.29, 1.82) is 0 Å². The van der Waals surface area contributed by atoms with Gasteiger partial charge in [0.25, 0.3) is 5.79 Å². The number of carbonyl (C=O) groups excluding carboxylic acids is 1. The van der Waals surface area contributed by atoms with E-state index in [1.54, 1.807) is 38.5 Å². The zero-order chi connectivity index (χ0) is 21.1. The Labute approximate surface area is 175 Å². The fourth-order valence-electron chi connectivity index (χ4n) is 3.64. The number of cyclic esters (lactones) is 1. The molecule has 1 aliphatic heterocycles. The maximum Gasteiger partial charge on any atom is 0.341 e. The van der Waals surface area contributed by atoms with E-state index in [1.165, 1.54) is 0 Å². The predicted octanol–water partition coefficient (Wildman–Crippen LogP) is 4.10. The predicted molar refractivity (Wildman–Crippen MR) is 113 cm³/mol. The van der Waals surface area contributed by atoms with Crippen molar-refractivity contribution >= 4 is 11.5 Å². The van der Waals surface area contributed by atoms with E-state index < -0.39 is 11.8 Å². The van der Waals surface area contributed by atoms with Crippen LogP contribution < -0.4 is 9.47 Å². The molecule has 0 amide bonds. The summed E-state index contributed by atoms with van der Waals surface area (Å²) in [5.74, 6) is -1.03. The van der Waals surface area contributed by atoms with E-state index in [4.69, 9.17) is 14.2 Å². The van der Waals surface area contributed by atoms with Gasteiger partial charge in [-0.15, -0.1) is 0 Å². The van der Waals surface area contributed by atoms with Gasteiger partial charge < -0.3 is 19.3 Å². The van der Waals surface area contributed by atoms with E-state index in [1.807, 2.05) is 54.6 Å². The molecule has 1 unspecified atom stereocenters. The Bertz CT molecular complexity index is 1070. The second kappa shape index (κ2) is 8.05. The molecule has 3 aromatic carbocycles. The highest BCUT2D eigenvalue weighted by Gasteiger charge is 2.48. The van der Waals surface area contributed by atoms with E-state index >= 15 is 0 Å². The smallest absolute Gasteiger partial charge is 0.341 e. The van der Waals surface area contributed by atoms with Crippen molar-refractivity contribution in [3.8, 4) is 11.5 Å². The van der Waals surface area contributed by atoms with Crippen molar-refractivity contribution in [2.24, 2.45) is 0 Å². The highest BCUT2D eigenvalue weighted by Crippen LogP contribution is 2.44. The standard InChI is InChI=1S/C25H22O5/c1-28-20-12-8-17(9-13-20)16-22-23(18-6-4-3-5-7-18)24(26)30-25(22,27)19-10-14-21(29-2)15-11-19/h3-15,27H,16H2,1-2H3. The second-order valence-corrected chi connectivity index (χ2v) is 7.01. The van der Waals surface area contributed by atoms with Crippen molar-refractivity contribution in [3.05, 3.63) is 101 Å². The van der Waals surface area contributed by atoms with Crippen LogP contribution in [0.25, 0.3) is 5.57 Å². The molecule has 0 aliphatic carbocycles. The summed E-state index contributed by atoms with van der Waals surface area (Å²) in [5, 5.41) is 11.6. The number of benzene rings is 3. The van der Waals surface area contributed by atoms with Gasteiger partial charge in [0, 0.05) is 17.6 Å². The van der Waals surface area contributed by atoms with Gasteiger partial charge in [-0.1, -0.05) is 42.5 Å². The van der Waals surface area contributed by atoms with Crippen LogP contribution in [0.3, 0.4) is 0 Å².